The predicted octanol–water partition coefficient (Wildman–Crippen LogP) is 6.11. The number of H-pyrrole nitrogens is 1. The molecule has 5 heteroatoms. The molecule has 0 saturated heterocycles. The highest BCUT2D eigenvalue weighted by Crippen LogP contribution is 2.37. The van der Waals surface area contributed by atoms with Crippen LogP contribution >= 0.6 is 27.5 Å². The van der Waals surface area contributed by atoms with Gasteiger partial charge in [-0.15, -0.1) is 0 Å². The summed E-state index contributed by atoms with van der Waals surface area (Å²) in [7, 11) is -1.72. The van der Waals surface area contributed by atoms with Gasteiger partial charge in [-0.05, 0) is 52.3 Å². The maximum atomic E-state index is 6.30. The average molecular weight is 375 g/mol. The molecule has 1 N–H and O–H groups in total. The highest BCUT2D eigenvalue weighted by molar-refractivity contribution is 9.10. The topological polar surface area (TPSA) is 25.0 Å². The molecule has 0 aliphatic rings. The number of benzene rings is 1. The maximum Gasteiger partial charge on any atom is 0.192 e. The molecule has 1 heterocycles. The fourth-order valence-corrected chi connectivity index (χ4v) is 3.27. The summed E-state index contributed by atoms with van der Waals surface area (Å²) in [6.07, 6.45) is 0. The summed E-state index contributed by atoms with van der Waals surface area (Å²) in [5.41, 5.74) is 2.12. The van der Waals surface area contributed by atoms with Crippen LogP contribution in [0.4, 0.5) is 0 Å². The Morgan fingerprint density at radius 3 is 2.55 bits per heavy atom. The Morgan fingerprint density at radius 1 is 1.30 bits per heavy atom. The highest BCUT2D eigenvalue weighted by atomic mass is 79.9. The number of hydrogen-bond donors (Lipinski definition) is 1. The minimum absolute atomic E-state index is 0.222. The molecule has 0 radical (unpaired) electrons. The first kappa shape index (κ1) is 16.1. The quantitative estimate of drug-likeness (QED) is 0.644. The van der Waals surface area contributed by atoms with Crippen LogP contribution in [-0.4, -0.2) is 13.3 Å². The number of rotatable bonds is 3. The van der Waals surface area contributed by atoms with E-state index in [1.165, 1.54) is 0 Å². The van der Waals surface area contributed by atoms with Crippen molar-refractivity contribution in [2.75, 3.05) is 0 Å². The Labute approximate surface area is 135 Å². The summed E-state index contributed by atoms with van der Waals surface area (Å²) >= 11 is 9.76. The van der Waals surface area contributed by atoms with Gasteiger partial charge in [0.1, 0.15) is 0 Å². The molecule has 0 spiro atoms. The largest absolute Gasteiger partial charge is 0.411 e. The minimum Gasteiger partial charge on any atom is -0.411 e. The summed E-state index contributed by atoms with van der Waals surface area (Å²) in [6.45, 7) is 11.9. The first-order valence-corrected chi connectivity index (χ1v) is 10.8. The van der Waals surface area contributed by atoms with Crippen molar-refractivity contribution in [2.24, 2.45) is 0 Å². The lowest BCUT2D eigenvalue weighted by atomic mass is 10.2. The minimum atomic E-state index is -1.72. The second-order valence-corrected chi connectivity index (χ2v) is 12.7. The molecule has 2 aromatic rings. The van der Waals surface area contributed by atoms with Gasteiger partial charge in [0.15, 0.2) is 8.32 Å². The zero-order valence-electron chi connectivity index (χ0n) is 12.6. The molecule has 1 aromatic carbocycles. The van der Waals surface area contributed by atoms with E-state index in [4.69, 9.17) is 16.0 Å². The third-order valence-corrected chi connectivity index (χ3v) is 9.92. The fraction of sp³-hybridized carbons (Fsp3) is 0.467. The number of aromatic nitrogens is 1. The van der Waals surface area contributed by atoms with Gasteiger partial charge in [-0.25, -0.2) is 0 Å². The summed E-state index contributed by atoms with van der Waals surface area (Å²) in [4.78, 5) is 3.38. The molecular weight excluding hydrogens is 354 g/mol. The van der Waals surface area contributed by atoms with E-state index in [0.29, 0.717) is 6.61 Å². The van der Waals surface area contributed by atoms with Crippen LogP contribution in [0.3, 0.4) is 0 Å². The van der Waals surface area contributed by atoms with Crippen LogP contribution in [0.15, 0.2) is 22.7 Å². The molecule has 0 saturated carbocycles. The third-order valence-electron chi connectivity index (χ3n) is 4.14. The van der Waals surface area contributed by atoms with Gasteiger partial charge in [-0.2, -0.15) is 0 Å². The first-order chi connectivity index (χ1) is 9.12. The molecule has 1 aromatic heterocycles. The Bertz CT molecular complexity index is 631. The van der Waals surface area contributed by atoms with Gasteiger partial charge in [0.2, 0.25) is 0 Å². The Hall–Kier alpha value is -0.293. The van der Waals surface area contributed by atoms with Gasteiger partial charge in [0.05, 0.1) is 11.6 Å². The van der Waals surface area contributed by atoms with Crippen molar-refractivity contribution in [2.45, 2.75) is 45.5 Å². The Kier molecular flexibility index (Phi) is 4.41. The molecule has 2 nitrogen and oxygen atoms in total. The standard InChI is InChI=1S/C15H21BrClNOSi/c1-15(2,3)20(4,5)19-9-10-8-11-13(18-10)7-6-12(16)14(11)17/h6-8,18H,9H2,1-5H3. The normalized spacial score (nSPS) is 13.2. The van der Waals surface area contributed by atoms with Gasteiger partial charge in [0.25, 0.3) is 0 Å². The van der Waals surface area contributed by atoms with E-state index in [9.17, 15) is 0 Å². The zero-order chi connectivity index (χ0) is 15.1. The smallest absolute Gasteiger partial charge is 0.192 e. The van der Waals surface area contributed by atoms with Crippen molar-refractivity contribution < 1.29 is 4.43 Å². The van der Waals surface area contributed by atoms with Crippen LogP contribution in [0.5, 0.6) is 0 Å². The summed E-state index contributed by atoms with van der Waals surface area (Å²) in [5, 5.41) is 2.01. The van der Waals surface area contributed by atoms with Gasteiger partial charge in [-0.3, -0.25) is 0 Å². The number of halogens is 2. The van der Waals surface area contributed by atoms with Crippen molar-refractivity contribution in [1.29, 1.82) is 0 Å². The summed E-state index contributed by atoms with van der Waals surface area (Å²) in [6, 6.07) is 6.07. The van der Waals surface area contributed by atoms with E-state index in [0.717, 1.165) is 26.1 Å². The van der Waals surface area contributed by atoms with Crippen LogP contribution in [0.1, 0.15) is 26.5 Å². The lowest BCUT2D eigenvalue weighted by molar-refractivity contribution is 0.273. The van der Waals surface area contributed by atoms with Crippen LogP contribution in [0.2, 0.25) is 23.2 Å². The van der Waals surface area contributed by atoms with Crippen molar-refractivity contribution in [3.05, 3.63) is 33.4 Å². The Morgan fingerprint density at radius 2 is 1.95 bits per heavy atom. The summed E-state index contributed by atoms with van der Waals surface area (Å²) in [5.74, 6) is 0. The van der Waals surface area contributed by atoms with Crippen molar-refractivity contribution in [3.8, 4) is 0 Å². The lowest BCUT2D eigenvalue weighted by Crippen LogP contribution is -2.40. The highest BCUT2D eigenvalue weighted by Gasteiger charge is 2.37. The molecule has 0 atom stereocenters. The van der Waals surface area contributed by atoms with E-state index < -0.39 is 8.32 Å². The average Bonchev–Trinajstić information content (AvgIpc) is 2.74. The van der Waals surface area contributed by atoms with Crippen molar-refractivity contribution >= 4 is 46.8 Å². The van der Waals surface area contributed by atoms with Gasteiger partial charge in [0, 0.05) is 21.1 Å². The monoisotopic (exact) mass is 373 g/mol. The second kappa shape index (κ2) is 5.48. The van der Waals surface area contributed by atoms with Crippen LogP contribution in [-0.2, 0) is 11.0 Å². The molecule has 2 rings (SSSR count). The molecule has 0 aliphatic carbocycles. The Balaban J connectivity index is 2.22. The van der Waals surface area contributed by atoms with E-state index in [1.807, 2.05) is 12.1 Å². The predicted molar refractivity (Wildman–Crippen MR) is 93.0 cm³/mol. The number of aromatic amines is 1. The number of nitrogens with one attached hydrogen (secondary N) is 1. The van der Waals surface area contributed by atoms with E-state index >= 15 is 0 Å². The van der Waals surface area contributed by atoms with Gasteiger partial charge in [-0.1, -0.05) is 32.4 Å². The second-order valence-electron chi connectivity index (χ2n) is 6.67. The summed E-state index contributed by atoms with van der Waals surface area (Å²) < 4.78 is 7.15. The molecule has 0 bridgehead atoms. The lowest BCUT2D eigenvalue weighted by Gasteiger charge is -2.36. The molecule has 0 fully saturated rings. The molecule has 20 heavy (non-hydrogen) atoms. The fourth-order valence-electron chi connectivity index (χ4n) is 1.75. The van der Waals surface area contributed by atoms with Crippen molar-refractivity contribution in [1.82, 2.24) is 4.98 Å². The SMILES string of the molecule is CC(C)(C)[Si](C)(C)OCc1cc2c(Cl)c(Br)ccc2[nH]1. The molecule has 110 valence electrons. The van der Waals surface area contributed by atoms with Gasteiger partial charge < -0.3 is 9.41 Å². The van der Waals surface area contributed by atoms with E-state index in [2.05, 4.69) is 60.8 Å². The van der Waals surface area contributed by atoms with Crippen LogP contribution in [0.25, 0.3) is 10.9 Å². The van der Waals surface area contributed by atoms with Crippen molar-refractivity contribution in [3.63, 3.8) is 0 Å². The maximum absolute atomic E-state index is 6.30. The number of fused-ring (bicyclic) bond motifs is 1. The molecule has 0 aliphatic heterocycles. The van der Waals surface area contributed by atoms with Gasteiger partial charge >= 0.3 is 0 Å². The molecule has 0 unspecified atom stereocenters. The van der Waals surface area contributed by atoms with E-state index in [-0.39, 0.29) is 5.04 Å². The van der Waals surface area contributed by atoms with Crippen LogP contribution < -0.4 is 0 Å². The third kappa shape index (κ3) is 3.13. The zero-order valence-corrected chi connectivity index (χ0v) is 15.9. The molecular formula is C15H21BrClNOSi. The number of hydrogen-bond acceptors (Lipinski definition) is 1. The van der Waals surface area contributed by atoms with E-state index in [1.54, 1.807) is 0 Å². The molecule has 0 amide bonds. The van der Waals surface area contributed by atoms with Crippen LogP contribution in [0, 0.1) is 0 Å². The first-order valence-electron chi connectivity index (χ1n) is 6.71.